The lowest BCUT2D eigenvalue weighted by Crippen LogP contribution is -1.94. The second kappa shape index (κ2) is 5.40. The summed E-state index contributed by atoms with van der Waals surface area (Å²) in [4.78, 5) is 0.916. The Labute approximate surface area is 144 Å². The molecular weight excluding hydrogens is 314 g/mol. The maximum Gasteiger partial charge on any atom is 0.121 e. The standard InChI is InChI=1S/C20H17N3S/c1-12(2)13-7-9-14(10-8-13)18-15(11-21)20-23(19(18)22)16-5-3-4-6-17(16)24-20/h3-10,12H,22H2,1-2H3. The molecule has 4 rings (SSSR count). The molecule has 0 bridgehead atoms. The zero-order chi connectivity index (χ0) is 16.8. The smallest absolute Gasteiger partial charge is 0.121 e. The van der Waals surface area contributed by atoms with Crippen LogP contribution in [-0.4, -0.2) is 4.40 Å². The van der Waals surface area contributed by atoms with Gasteiger partial charge in [0.25, 0.3) is 0 Å². The molecule has 0 aliphatic rings. The van der Waals surface area contributed by atoms with Crippen LogP contribution in [0.2, 0.25) is 0 Å². The average Bonchev–Trinajstić information content (AvgIpc) is 3.10. The van der Waals surface area contributed by atoms with E-state index in [1.165, 1.54) is 5.56 Å². The van der Waals surface area contributed by atoms with Crippen molar-refractivity contribution in [1.82, 2.24) is 4.40 Å². The summed E-state index contributed by atoms with van der Waals surface area (Å²) in [7, 11) is 0. The van der Waals surface area contributed by atoms with Gasteiger partial charge in [0.15, 0.2) is 0 Å². The Morgan fingerprint density at radius 3 is 2.46 bits per heavy atom. The summed E-state index contributed by atoms with van der Waals surface area (Å²) in [6, 6.07) is 18.8. The highest BCUT2D eigenvalue weighted by Crippen LogP contribution is 2.41. The van der Waals surface area contributed by atoms with Crippen LogP contribution in [0.4, 0.5) is 5.82 Å². The molecule has 2 aromatic carbocycles. The van der Waals surface area contributed by atoms with Crippen LogP contribution in [0.15, 0.2) is 48.5 Å². The molecule has 0 radical (unpaired) electrons. The van der Waals surface area contributed by atoms with Crippen LogP contribution in [0.3, 0.4) is 0 Å². The molecule has 0 saturated carbocycles. The minimum absolute atomic E-state index is 0.480. The number of hydrogen-bond donors (Lipinski definition) is 1. The molecule has 2 N–H and O–H groups in total. The van der Waals surface area contributed by atoms with Crippen molar-refractivity contribution in [1.29, 1.82) is 5.26 Å². The molecule has 118 valence electrons. The number of hydrogen-bond acceptors (Lipinski definition) is 3. The number of aromatic nitrogens is 1. The van der Waals surface area contributed by atoms with Gasteiger partial charge in [-0.2, -0.15) is 5.26 Å². The monoisotopic (exact) mass is 331 g/mol. The number of thiazole rings is 1. The van der Waals surface area contributed by atoms with Crippen molar-refractivity contribution in [2.24, 2.45) is 0 Å². The fourth-order valence-corrected chi connectivity index (χ4v) is 4.32. The van der Waals surface area contributed by atoms with E-state index in [9.17, 15) is 5.26 Å². The average molecular weight is 331 g/mol. The molecule has 4 heteroatoms. The highest BCUT2D eigenvalue weighted by atomic mass is 32.1. The number of nitrogen functional groups attached to an aromatic ring is 1. The van der Waals surface area contributed by atoms with E-state index in [1.54, 1.807) is 11.3 Å². The maximum absolute atomic E-state index is 9.75. The van der Waals surface area contributed by atoms with Gasteiger partial charge in [0.2, 0.25) is 0 Å². The Kier molecular flexibility index (Phi) is 3.33. The fraction of sp³-hybridized carbons (Fsp3) is 0.150. The number of fused-ring (bicyclic) bond motifs is 3. The van der Waals surface area contributed by atoms with Gasteiger partial charge in [-0.15, -0.1) is 11.3 Å². The lowest BCUT2D eigenvalue weighted by atomic mass is 9.98. The zero-order valence-corrected chi connectivity index (χ0v) is 14.4. The summed E-state index contributed by atoms with van der Waals surface area (Å²) < 4.78 is 3.14. The van der Waals surface area contributed by atoms with E-state index in [0.717, 1.165) is 26.2 Å². The van der Waals surface area contributed by atoms with Crippen molar-refractivity contribution >= 4 is 32.2 Å². The third kappa shape index (κ3) is 2.02. The van der Waals surface area contributed by atoms with Gasteiger partial charge in [-0.1, -0.05) is 50.2 Å². The predicted molar refractivity (Wildman–Crippen MR) is 101 cm³/mol. The van der Waals surface area contributed by atoms with E-state index in [1.807, 2.05) is 22.6 Å². The van der Waals surface area contributed by atoms with E-state index >= 15 is 0 Å². The number of anilines is 1. The van der Waals surface area contributed by atoms with Gasteiger partial charge in [-0.05, 0) is 29.2 Å². The van der Waals surface area contributed by atoms with Crippen molar-refractivity contribution in [2.45, 2.75) is 19.8 Å². The van der Waals surface area contributed by atoms with Gasteiger partial charge in [-0.25, -0.2) is 0 Å². The number of rotatable bonds is 2. The van der Waals surface area contributed by atoms with Crippen LogP contribution in [0.25, 0.3) is 26.2 Å². The van der Waals surface area contributed by atoms with Crippen LogP contribution in [-0.2, 0) is 0 Å². The van der Waals surface area contributed by atoms with Crippen molar-refractivity contribution in [3.63, 3.8) is 0 Å². The minimum Gasteiger partial charge on any atom is -0.384 e. The Bertz CT molecular complexity index is 1090. The van der Waals surface area contributed by atoms with Gasteiger partial charge in [0.05, 0.1) is 15.8 Å². The second-order valence-corrected chi connectivity index (χ2v) is 7.26. The third-order valence-electron chi connectivity index (χ3n) is 4.45. The van der Waals surface area contributed by atoms with Crippen LogP contribution >= 0.6 is 11.3 Å². The first kappa shape index (κ1) is 14.8. The van der Waals surface area contributed by atoms with Crippen molar-refractivity contribution < 1.29 is 0 Å². The molecule has 0 aliphatic carbocycles. The molecule has 0 atom stereocenters. The molecule has 2 aromatic heterocycles. The molecule has 4 aromatic rings. The summed E-state index contributed by atoms with van der Waals surface area (Å²) in [6.45, 7) is 4.34. The van der Waals surface area contributed by atoms with E-state index in [2.05, 4.69) is 50.2 Å². The first-order valence-electron chi connectivity index (χ1n) is 7.93. The zero-order valence-electron chi connectivity index (χ0n) is 13.6. The second-order valence-electron chi connectivity index (χ2n) is 6.23. The summed E-state index contributed by atoms with van der Waals surface area (Å²) in [5, 5.41) is 9.75. The van der Waals surface area contributed by atoms with E-state index in [0.29, 0.717) is 17.3 Å². The van der Waals surface area contributed by atoms with Crippen molar-refractivity contribution in [3.8, 4) is 17.2 Å². The molecule has 0 spiro atoms. The van der Waals surface area contributed by atoms with Gasteiger partial charge in [-0.3, -0.25) is 4.40 Å². The van der Waals surface area contributed by atoms with Gasteiger partial charge in [0.1, 0.15) is 16.7 Å². The fourth-order valence-electron chi connectivity index (χ4n) is 3.17. The van der Waals surface area contributed by atoms with Crippen LogP contribution < -0.4 is 5.73 Å². The quantitative estimate of drug-likeness (QED) is 0.535. The molecule has 0 saturated heterocycles. The van der Waals surface area contributed by atoms with Crippen LogP contribution in [0.5, 0.6) is 0 Å². The van der Waals surface area contributed by atoms with E-state index in [4.69, 9.17) is 5.73 Å². The van der Waals surface area contributed by atoms with Crippen molar-refractivity contribution in [3.05, 3.63) is 59.7 Å². The molecule has 3 nitrogen and oxygen atoms in total. The summed E-state index contributed by atoms with van der Waals surface area (Å²) in [5.41, 5.74) is 11.3. The highest BCUT2D eigenvalue weighted by Gasteiger charge is 2.21. The molecule has 0 unspecified atom stereocenters. The molecule has 0 amide bonds. The lowest BCUT2D eigenvalue weighted by Gasteiger charge is -2.07. The first-order valence-corrected chi connectivity index (χ1v) is 8.75. The van der Waals surface area contributed by atoms with Gasteiger partial charge in [0, 0.05) is 5.56 Å². The topological polar surface area (TPSA) is 54.2 Å². The summed E-state index contributed by atoms with van der Waals surface area (Å²) in [5.74, 6) is 1.12. The maximum atomic E-state index is 9.75. The molecule has 2 heterocycles. The largest absolute Gasteiger partial charge is 0.384 e. The van der Waals surface area contributed by atoms with Crippen molar-refractivity contribution in [2.75, 3.05) is 5.73 Å². The Hall–Kier alpha value is -2.77. The Morgan fingerprint density at radius 2 is 1.79 bits per heavy atom. The molecular formula is C20H17N3S. The Balaban J connectivity index is 2.02. The van der Waals surface area contributed by atoms with E-state index < -0.39 is 0 Å². The third-order valence-corrected chi connectivity index (χ3v) is 5.60. The lowest BCUT2D eigenvalue weighted by molar-refractivity contribution is 0.867. The molecule has 24 heavy (non-hydrogen) atoms. The number of nitrogens with zero attached hydrogens (tertiary/aromatic N) is 2. The van der Waals surface area contributed by atoms with Crippen LogP contribution in [0, 0.1) is 11.3 Å². The number of nitrogens with two attached hydrogens (primary N) is 1. The normalized spacial score (nSPS) is 11.4. The predicted octanol–water partition coefficient (Wildman–Crippen LogP) is 5.40. The number of para-hydroxylation sites is 1. The minimum atomic E-state index is 0.480. The molecule has 0 fully saturated rings. The summed E-state index contributed by atoms with van der Waals surface area (Å²) >= 11 is 1.61. The number of nitriles is 1. The Morgan fingerprint density at radius 1 is 1.08 bits per heavy atom. The highest BCUT2D eigenvalue weighted by molar-refractivity contribution is 7.24. The molecule has 0 aliphatic heterocycles. The van der Waals surface area contributed by atoms with Crippen LogP contribution in [0.1, 0.15) is 30.9 Å². The first-order chi connectivity index (χ1) is 11.6. The van der Waals surface area contributed by atoms with E-state index in [-0.39, 0.29) is 0 Å². The SMILES string of the molecule is CC(C)c1ccc(-c2c(C#N)c3sc4ccccc4n3c2N)cc1. The summed E-state index contributed by atoms with van der Waals surface area (Å²) in [6.07, 6.45) is 0. The van der Waals surface area contributed by atoms with Gasteiger partial charge < -0.3 is 5.73 Å². The number of benzene rings is 2. The van der Waals surface area contributed by atoms with Gasteiger partial charge >= 0.3 is 0 Å².